The van der Waals surface area contributed by atoms with Gasteiger partial charge in [-0.15, -0.1) is 0 Å². The van der Waals surface area contributed by atoms with E-state index >= 15 is 0 Å². The molecule has 2 aromatic rings. The number of pyridine rings is 1. The van der Waals surface area contributed by atoms with Crippen LogP contribution in [-0.2, 0) is 24.4 Å². The van der Waals surface area contributed by atoms with Crippen LogP contribution < -0.4 is 16.2 Å². The van der Waals surface area contributed by atoms with Crippen LogP contribution in [0, 0.1) is 6.92 Å². The third kappa shape index (κ3) is 7.50. The molecule has 1 aliphatic rings. The second kappa shape index (κ2) is 13.0. The average Bonchev–Trinajstić information content (AvgIpc) is 2.80. The van der Waals surface area contributed by atoms with Gasteiger partial charge in [0.25, 0.3) is 5.56 Å². The first-order valence-corrected chi connectivity index (χ1v) is 11.7. The molecule has 32 heavy (non-hydrogen) atoms. The van der Waals surface area contributed by atoms with Gasteiger partial charge in [0.1, 0.15) is 0 Å². The largest absolute Gasteiger partial charge is 0.379 e. The molecule has 1 saturated heterocycles. The SMILES string of the molecule is CCNC(=NCc1ccccc1CN1CCOCC1)NCCCCn1c(C)cccc1=O. The van der Waals surface area contributed by atoms with Crippen LogP contribution in [0.4, 0.5) is 0 Å². The fourth-order valence-corrected chi connectivity index (χ4v) is 3.88. The molecule has 3 rings (SSSR count). The van der Waals surface area contributed by atoms with Gasteiger partial charge in [0.15, 0.2) is 5.96 Å². The predicted octanol–water partition coefficient (Wildman–Crippen LogP) is 2.52. The van der Waals surface area contributed by atoms with E-state index in [9.17, 15) is 4.79 Å². The number of hydrogen-bond acceptors (Lipinski definition) is 4. The van der Waals surface area contributed by atoms with E-state index in [-0.39, 0.29) is 5.56 Å². The van der Waals surface area contributed by atoms with Crippen molar-refractivity contribution in [1.29, 1.82) is 0 Å². The standard InChI is InChI=1S/C25H37N5O2/c1-3-26-25(27-13-6-7-14-30-21(2)9-8-12-24(30)31)28-19-22-10-4-5-11-23(22)20-29-15-17-32-18-16-29/h4-5,8-12H,3,6-7,13-20H2,1-2H3,(H2,26,27,28). The summed E-state index contributed by atoms with van der Waals surface area (Å²) in [4.78, 5) is 19.2. The first kappa shape index (κ1) is 24.0. The van der Waals surface area contributed by atoms with Gasteiger partial charge in [-0.3, -0.25) is 9.69 Å². The van der Waals surface area contributed by atoms with Crippen molar-refractivity contribution in [2.24, 2.45) is 4.99 Å². The highest BCUT2D eigenvalue weighted by Gasteiger charge is 2.12. The third-order valence-electron chi connectivity index (χ3n) is 5.74. The maximum absolute atomic E-state index is 12.0. The molecule has 0 aliphatic carbocycles. The van der Waals surface area contributed by atoms with Crippen LogP contribution in [0.25, 0.3) is 0 Å². The van der Waals surface area contributed by atoms with Gasteiger partial charge in [-0.05, 0) is 43.9 Å². The molecule has 1 aromatic heterocycles. The van der Waals surface area contributed by atoms with E-state index in [0.717, 1.165) is 77.0 Å². The van der Waals surface area contributed by atoms with Gasteiger partial charge in [0.2, 0.25) is 0 Å². The molecule has 0 bridgehead atoms. The van der Waals surface area contributed by atoms with E-state index in [2.05, 4.69) is 46.7 Å². The molecule has 7 nitrogen and oxygen atoms in total. The number of morpholine rings is 1. The molecule has 2 N–H and O–H groups in total. The van der Waals surface area contributed by atoms with E-state index in [0.29, 0.717) is 6.54 Å². The topological polar surface area (TPSA) is 70.9 Å². The van der Waals surface area contributed by atoms with Crippen molar-refractivity contribution in [2.45, 2.75) is 46.3 Å². The molecular formula is C25H37N5O2. The number of unbranched alkanes of at least 4 members (excludes halogenated alkanes) is 1. The lowest BCUT2D eigenvalue weighted by Gasteiger charge is -2.27. The second-order valence-electron chi connectivity index (χ2n) is 8.14. The summed E-state index contributed by atoms with van der Waals surface area (Å²) < 4.78 is 7.31. The summed E-state index contributed by atoms with van der Waals surface area (Å²) in [6.45, 7) is 11.6. The Hall–Kier alpha value is -2.64. The zero-order valence-electron chi connectivity index (χ0n) is 19.5. The lowest BCUT2D eigenvalue weighted by atomic mass is 10.1. The van der Waals surface area contributed by atoms with Gasteiger partial charge in [-0.2, -0.15) is 0 Å². The van der Waals surface area contributed by atoms with Gasteiger partial charge >= 0.3 is 0 Å². The van der Waals surface area contributed by atoms with E-state index < -0.39 is 0 Å². The summed E-state index contributed by atoms with van der Waals surface area (Å²) in [7, 11) is 0. The summed E-state index contributed by atoms with van der Waals surface area (Å²) in [5, 5.41) is 6.77. The number of guanidine groups is 1. The molecule has 0 radical (unpaired) electrons. The Bertz CT molecular complexity index is 919. The maximum atomic E-state index is 12.0. The molecular weight excluding hydrogens is 402 g/mol. The zero-order valence-corrected chi connectivity index (χ0v) is 19.5. The molecule has 1 aliphatic heterocycles. The minimum Gasteiger partial charge on any atom is -0.379 e. The number of hydrogen-bond donors (Lipinski definition) is 2. The smallest absolute Gasteiger partial charge is 0.250 e. The monoisotopic (exact) mass is 439 g/mol. The molecule has 174 valence electrons. The van der Waals surface area contributed by atoms with Crippen LogP contribution in [0.2, 0.25) is 0 Å². The van der Waals surface area contributed by atoms with Crippen molar-refractivity contribution in [3.8, 4) is 0 Å². The van der Waals surface area contributed by atoms with Gasteiger partial charge in [-0.1, -0.05) is 30.3 Å². The van der Waals surface area contributed by atoms with Crippen molar-refractivity contribution in [2.75, 3.05) is 39.4 Å². The van der Waals surface area contributed by atoms with E-state index in [4.69, 9.17) is 9.73 Å². The molecule has 0 atom stereocenters. The lowest BCUT2D eigenvalue weighted by Crippen LogP contribution is -2.38. The van der Waals surface area contributed by atoms with E-state index in [1.807, 2.05) is 23.6 Å². The Morgan fingerprint density at radius 2 is 1.81 bits per heavy atom. The summed E-state index contributed by atoms with van der Waals surface area (Å²) in [5.74, 6) is 0.835. The maximum Gasteiger partial charge on any atom is 0.250 e. The third-order valence-corrected chi connectivity index (χ3v) is 5.74. The predicted molar refractivity (Wildman–Crippen MR) is 130 cm³/mol. The summed E-state index contributed by atoms with van der Waals surface area (Å²) in [6, 6.07) is 14.0. The van der Waals surface area contributed by atoms with Crippen LogP contribution in [0.5, 0.6) is 0 Å². The van der Waals surface area contributed by atoms with E-state index in [1.54, 1.807) is 6.07 Å². The Morgan fingerprint density at radius 3 is 2.56 bits per heavy atom. The number of nitrogens with one attached hydrogen (secondary N) is 2. The number of benzene rings is 1. The fraction of sp³-hybridized carbons (Fsp3) is 0.520. The Kier molecular flexibility index (Phi) is 9.78. The van der Waals surface area contributed by atoms with Crippen molar-refractivity contribution >= 4 is 5.96 Å². The summed E-state index contributed by atoms with van der Waals surface area (Å²) >= 11 is 0. The van der Waals surface area contributed by atoms with Gasteiger partial charge in [-0.25, -0.2) is 4.99 Å². The Morgan fingerprint density at radius 1 is 1.03 bits per heavy atom. The second-order valence-corrected chi connectivity index (χ2v) is 8.14. The van der Waals surface area contributed by atoms with Crippen molar-refractivity contribution in [3.63, 3.8) is 0 Å². The van der Waals surface area contributed by atoms with Crippen LogP contribution >= 0.6 is 0 Å². The zero-order chi connectivity index (χ0) is 22.6. The molecule has 0 spiro atoms. The summed E-state index contributed by atoms with van der Waals surface area (Å²) in [6.07, 6.45) is 1.92. The van der Waals surface area contributed by atoms with Crippen LogP contribution in [0.1, 0.15) is 36.6 Å². The number of nitrogens with zero attached hydrogens (tertiary/aromatic N) is 3. The highest BCUT2D eigenvalue weighted by atomic mass is 16.5. The minimum atomic E-state index is 0.0728. The molecule has 1 aromatic carbocycles. The van der Waals surface area contributed by atoms with E-state index in [1.165, 1.54) is 11.1 Å². The average molecular weight is 440 g/mol. The van der Waals surface area contributed by atoms with Gasteiger partial charge in [0, 0.05) is 51.0 Å². The molecule has 7 heteroatoms. The lowest BCUT2D eigenvalue weighted by molar-refractivity contribution is 0.0341. The van der Waals surface area contributed by atoms with Crippen LogP contribution in [0.3, 0.4) is 0 Å². The number of aromatic nitrogens is 1. The molecule has 2 heterocycles. The van der Waals surface area contributed by atoms with Crippen molar-refractivity contribution in [1.82, 2.24) is 20.1 Å². The Labute approximate surface area is 191 Å². The minimum absolute atomic E-state index is 0.0728. The molecule has 0 unspecified atom stereocenters. The molecule has 0 saturated carbocycles. The molecule has 1 fully saturated rings. The highest BCUT2D eigenvalue weighted by molar-refractivity contribution is 5.79. The number of rotatable bonds is 10. The number of aliphatic imine (C=N–C) groups is 1. The van der Waals surface area contributed by atoms with Gasteiger partial charge in [0.05, 0.1) is 19.8 Å². The first-order valence-electron chi connectivity index (χ1n) is 11.7. The number of aryl methyl sites for hydroxylation is 1. The quantitative estimate of drug-likeness (QED) is 0.338. The van der Waals surface area contributed by atoms with Crippen LogP contribution in [0.15, 0.2) is 52.3 Å². The first-order chi connectivity index (χ1) is 15.7. The normalized spacial score (nSPS) is 15.0. The Balaban J connectivity index is 1.50. The fourth-order valence-electron chi connectivity index (χ4n) is 3.88. The number of ether oxygens (including phenoxy) is 1. The van der Waals surface area contributed by atoms with Crippen LogP contribution in [-0.4, -0.2) is 54.8 Å². The highest BCUT2D eigenvalue weighted by Crippen LogP contribution is 2.14. The van der Waals surface area contributed by atoms with Gasteiger partial charge < -0.3 is 19.9 Å². The van der Waals surface area contributed by atoms with Crippen molar-refractivity contribution in [3.05, 3.63) is 69.6 Å². The van der Waals surface area contributed by atoms with Crippen molar-refractivity contribution < 1.29 is 4.74 Å². The molecule has 0 amide bonds. The summed E-state index contributed by atoms with van der Waals surface area (Å²) in [5.41, 5.74) is 3.67.